The molecule has 0 radical (unpaired) electrons. The van der Waals surface area contributed by atoms with Crippen molar-refractivity contribution in [3.8, 4) is 0 Å². The molecule has 7 nitrogen and oxygen atoms in total. The fourth-order valence-electron chi connectivity index (χ4n) is 2.72. The molecule has 1 N–H and O–H groups in total. The SMILES string of the molecule is Cc1nn(Cc2ccc(C(=O)Nc3cnn(COCC(F)(F)F)c3)cc2)c(C)c1Br. The van der Waals surface area contributed by atoms with Crippen molar-refractivity contribution in [2.24, 2.45) is 0 Å². The molecule has 30 heavy (non-hydrogen) atoms. The van der Waals surface area contributed by atoms with Crippen molar-refractivity contribution in [1.82, 2.24) is 19.6 Å². The Balaban J connectivity index is 1.56. The lowest BCUT2D eigenvalue weighted by Crippen LogP contribution is -2.18. The minimum atomic E-state index is -4.40. The number of rotatable bonds is 7. The second kappa shape index (κ2) is 9.00. The van der Waals surface area contributed by atoms with E-state index in [4.69, 9.17) is 0 Å². The number of alkyl halides is 3. The number of benzene rings is 1. The van der Waals surface area contributed by atoms with E-state index in [1.165, 1.54) is 12.4 Å². The fourth-order valence-corrected chi connectivity index (χ4v) is 3.00. The molecule has 2 aromatic heterocycles. The third kappa shape index (κ3) is 5.70. The van der Waals surface area contributed by atoms with E-state index >= 15 is 0 Å². The first-order valence-corrected chi connectivity index (χ1v) is 9.68. The molecule has 0 aliphatic rings. The molecule has 0 saturated carbocycles. The number of aryl methyl sites for hydroxylation is 1. The van der Waals surface area contributed by atoms with Gasteiger partial charge in [0.2, 0.25) is 0 Å². The first-order valence-electron chi connectivity index (χ1n) is 8.89. The van der Waals surface area contributed by atoms with Crippen LogP contribution in [0.2, 0.25) is 0 Å². The van der Waals surface area contributed by atoms with E-state index in [1.54, 1.807) is 12.1 Å². The number of halogens is 4. The lowest BCUT2D eigenvalue weighted by Gasteiger charge is -2.07. The lowest BCUT2D eigenvalue weighted by atomic mass is 10.1. The average Bonchev–Trinajstić information content (AvgIpc) is 3.21. The van der Waals surface area contributed by atoms with E-state index in [2.05, 4.69) is 36.2 Å². The van der Waals surface area contributed by atoms with Crippen LogP contribution in [0.15, 0.2) is 41.1 Å². The van der Waals surface area contributed by atoms with E-state index < -0.39 is 12.8 Å². The van der Waals surface area contributed by atoms with Crippen molar-refractivity contribution in [3.05, 3.63) is 63.6 Å². The average molecular weight is 486 g/mol. The molecule has 1 amide bonds. The summed E-state index contributed by atoms with van der Waals surface area (Å²) in [6.07, 6.45) is -1.67. The number of carbonyl (C=O) groups is 1. The largest absolute Gasteiger partial charge is 0.411 e. The van der Waals surface area contributed by atoms with Gasteiger partial charge in [0.1, 0.15) is 13.3 Å². The Morgan fingerprint density at radius 2 is 1.93 bits per heavy atom. The quantitative estimate of drug-likeness (QED) is 0.541. The molecule has 2 heterocycles. The monoisotopic (exact) mass is 485 g/mol. The highest BCUT2D eigenvalue weighted by molar-refractivity contribution is 9.10. The summed E-state index contributed by atoms with van der Waals surface area (Å²) in [6.45, 7) is 2.73. The summed E-state index contributed by atoms with van der Waals surface area (Å²) in [4.78, 5) is 12.4. The Morgan fingerprint density at radius 1 is 1.23 bits per heavy atom. The van der Waals surface area contributed by atoms with E-state index in [0.717, 1.165) is 26.1 Å². The molecule has 1 aromatic carbocycles. The molecular formula is C19H19BrF3N5O2. The van der Waals surface area contributed by atoms with Gasteiger partial charge in [0.05, 0.1) is 40.5 Å². The predicted octanol–water partition coefficient (Wildman–Crippen LogP) is 4.30. The number of ether oxygens (including phenoxy) is 1. The molecule has 0 spiro atoms. The Labute approximate surface area is 179 Å². The van der Waals surface area contributed by atoms with Gasteiger partial charge in [0.15, 0.2) is 0 Å². The zero-order valence-electron chi connectivity index (χ0n) is 16.2. The fraction of sp³-hybridized carbons (Fsp3) is 0.316. The summed E-state index contributed by atoms with van der Waals surface area (Å²) in [5.41, 5.74) is 3.71. The van der Waals surface area contributed by atoms with Crippen LogP contribution < -0.4 is 5.32 Å². The zero-order valence-corrected chi connectivity index (χ0v) is 17.8. The molecule has 0 bridgehead atoms. The summed E-state index contributed by atoms with van der Waals surface area (Å²) < 4.78 is 44.8. The van der Waals surface area contributed by atoms with Crippen molar-refractivity contribution in [3.63, 3.8) is 0 Å². The van der Waals surface area contributed by atoms with Crippen LogP contribution in [0.5, 0.6) is 0 Å². The summed E-state index contributed by atoms with van der Waals surface area (Å²) in [5.74, 6) is -0.355. The zero-order chi connectivity index (χ0) is 21.9. The molecule has 0 unspecified atom stereocenters. The Kier molecular flexibility index (Phi) is 6.61. The van der Waals surface area contributed by atoms with Crippen LogP contribution in [-0.2, 0) is 18.0 Å². The van der Waals surface area contributed by atoms with Crippen molar-refractivity contribution in [1.29, 1.82) is 0 Å². The van der Waals surface area contributed by atoms with Crippen molar-refractivity contribution >= 4 is 27.5 Å². The van der Waals surface area contributed by atoms with Gasteiger partial charge in [0.25, 0.3) is 5.91 Å². The van der Waals surface area contributed by atoms with Crippen molar-refractivity contribution in [2.75, 3.05) is 11.9 Å². The molecule has 0 saturated heterocycles. The maximum Gasteiger partial charge on any atom is 0.411 e. The molecule has 0 atom stereocenters. The van der Waals surface area contributed by atoms with Gasteiger partial charge in [0, 0.05) is 5.56 Å². The topological polar surface area (TPSA) is 74.0 Å². The first-order chi connectivity index (χ1) is 14.1. The van der Waals surface area contributed by atoms with Crippen LogP contribution in [0.3, 0.4) is 0 Å². The molecular weight excluding hydrogens is 467 g/mol. The normalized spacial score (nSPS) is 11.7. The van der Waals surface area contributed by atoms with Crippen LogP contribution in [0, 0.1) is 13.8 Å². The van der Waals surface area contributed by atoms with Gasteiger partial charge in [-0.2, -0.15) is 23.4 Å². The molecule has 160 valence electrons. The van der Waals surface area contributed by atoms with E-state index in [9.17, 15) is 18.0 Å². The third-order valence-corrected chi connectivity index (χ3v) is 5.37. The van der Waals surface area contributed by atoms with Gasteiger partial charge in [-0.25, -0.2) is 4.68 Å². The van der Waals surface area contributed by atoms with E-state index in [-0.39, 0.29) is 12.6 Å². The summed E-state index contributed by atoms with van der Waals surface area (Å²) in [5, 5.41) is 11.0. The van der Waals surface area contributed by atoms with Crippen molar-refractivity contribution in [2.45, 2.75) is 33.3 Å². The molecule has 3 aromatic rings. The van der Waals surface area contributed by atoms with Gasteiger partial charge in [-0.3, -0.25) is 9.48 Å². The van der Waals surface area contributed by atoms with Gasteiger partial charge in [-0.05, 0) is 47.5 Å². The second-order valence-corrected chi connectivity index (χ2v) is 7.45. The molecule has 11 heteroatoms. The first kappa shape index (κ1) is 22.0. The number of carbonyl (C=O) groups excluding carboxylic acids is 1. The number of amides is 1. The number of nitrogens with one attached hydrogen (secondary N) is 1. The standard InChI is InChI=1S/C19H19BrF3N5O2/c1-12-17(20)13(2)28(26-12)8-14-3-5-15(6-4-14)18(29)25-16-7-24-27(9-16)11-30-10-19(21,22)23/h3-7,9H,8,10-11H2,1-2H3,(H,25,29). The second-order valence-electron chi connectivity index (χ2n) is 6.65. The lowest BCUT2D eigenvalue weighted by molar-refractivity contribution is -0.182. The van der Waals surface area contributed by atoms with Crippen LogP contribution in [-0.4, -0.2) is 38.3 Å². The summed E-state index contributed by atoms with van der Waals surface area (Å²) in [6, 6.07) is 7.08. The molecule has 0 aliphatic heterocycles. The highest BCUT2D eigenvalue weighted by Crippen LogP contribution is 2.21. The number of aromatic nitrogens is 4. The number of hydrogen-bond acceptors (Lipinski definition) is 4. The Hall–Kier alpha value is -2.66. The van der Waals surface area contributed by atoms with Crippen molar-refractivity contribution < 1.29 is 22.7 Å². The number of nitrogens with zero attached hydrogens (tertiary/aromatic N) is 4. The summed E-state index contributed by atoms with van der Waals surface area (Å²) >= 11 is 3.50. The highest BCUT2D eigenvalue weighted by atomic mass is 79.9. The van der Waals surface area contributed by atoms with Crippen LogP contribution in [0.1, 0.15) is 27.3 Å². The van der Waals surface area contributed by atoms with Crippen LogP contribution in [0.25, 0.3) is 0 Å². The number of hydrogen-bond donors (Lipinski definition) is 1. The summed E-state index contributed by atoms with van der Waals surface area (Å²) in [7, 11) is 0. The van der Waals surface area contributed by atoms with Gasteiger partial charge >= 0.3 is 6.18 Å². The minimum absolute atomic E-state index is 0.354. The molecule has 3 rings (SSSR count). The third-order valence-electron chi connectivity index (χ3n) is 4.22. The minimum Gasteiger partial charge on any atom is -0.350 e. The van der Waals surface area contributed by atoms with Gasteiger partial charge in [-0.1, -0.05) is 12.1 Å². The maximum absolute atomic E-state index is 12.4. The van der Waals surface area contributed by atoms with E-state index in [0.29, 0.717) is 17.8 Å². The Morgan fingerprint density at radius 3 is 2.53 bits per heavy atom. The molecule has 0 aliphatic carbocycles. The van der Waals surface area contributed by atoms with Gasteiger partial charge < -0.3 is 10.1 Å². The van der Waals surface area contributed by atoms with Crippen LogP contribution in [0.4, 0.5) is 18.9 Å². The molecule has 0 fully saturated rings. The maximum atomic E-state index is 12.4. The van der Waals surface area contributed by atoms with Gasteiger partial charge in [-0.15, -0.1) is 0 Å². The highest BCUT2D eigenvalue weighted by Gasteiger charge is 2.27. The van der Waals surface area contributed by atoms with E-state index in [1.807, 2.05) is 30.7 Å². The van der Waals surface area contributed by atoms with Crippen LogP contribution >= 0.6 is 15.9 Å². The predicted molar refractivity (Wildman–Crippen MR) is 107 cm³/mol. The Bertz CT molecular complexity index is 1030. The number of anilines is 1. The smallest absolute Gasteiger partial charge is 0.350 e.